The van der Waals surface area contributed by atoms with Crippen molar-refractivity contribution >= 4 is 16.8 Å². The molecule has 4 heteroatoms. The Morgan fingerprint density at radius 2 is 2.00 bits per heavy atom. The number of hydrogen-bond acceptors (Lipinski definition) is 1. The van der Waals surface area contributed by atoms with Crippen LogP contribution in [0.4, 0.5) is 4.39 Å². The van der Waals surface area contributed by atoms with Gasteiger partial charge in [0.05, 0.1) is 6.42 Å². The van der Waals surface area contributed by atoms with Gasteiger partial charge in [0, 0.05) is 17.8 Å². The summed E-state index contributed by atoms with van der Waals surface area (Å²) in [7, 11) is 0. The van der Waals surface area contributed by atoms with E-state index in [4.69, 9.17) is 0 Å². The molecule has 1 heterocycles. The van der Waals surface area contributed by atoms with Crippen molar-refractivity contribution in [3.05, 3.63) is 71.2 Å². The van der Waals surface area contributed by atoms with Crippen LogP contribution in [0.1, 0.15) is 16.8 Å². The van der Waals surface area contributed by atoms with E-state index in [0.29, 0.717) is 12.1 Å². The fourth-order valence-electron chi connectivity index (χ4n) is 2.71. The third kappa shape index (κ3) is 3.77. The molecule has 0 aliphatic rings. The van der Waals surface area contributed by atoms with E-state index in [0.717, 1.165) is 17.6 Å². The number of carbonyl (C=O) groups excluding carboxylic acids is 1. The first-order valence-corrected chi connectivity index (χ1v) is 7.70. The van der Waals surface area contributed by atoms with Crippen molar-refractivity contribution in [3.63, 3.8) is 0 Å². The van der Waals surface area contributed by atoms with Gasteiger partial charge in [-0.25, -0.2) is 4.39 Å². The lowest BCUT2D eigenvalue weighted by Crippen LogP contribution is -2.27. The maximum Gasteiger partial charge on any atom is 0.224 e. The van der Waals surface area contributed by atoms with Crippen molar-refractivity contribution < 1.29 is 9.18 Å². The first kappa shape index (κ1) is 15.3. The van der Waals surface area contributed by atoms with Crippen LogP contribution in [0.25, 0.3) is 10.9 Å². The molecule has 0 spiro atoms. The average molecular weight is 310 g/mol. The van der Waals surface area contributed by atoms with Crippen molar-refractivity contribution in [2.24, 2.45) is 0 Å². The van der Waals surface area contributed by atoms with Gasteiger partial charge in [0.2, 0.25) is 5.91 Å². The van der Waals surface area contributed by atoms with Crippen LogP contribution < -0.4 is 5.32 Å². The highest BCUT2D eigenvalue weighted by molar-refractivity contribution is 5.81. The smallest absolute Gasteiger partial charge is 0.224 e. The summed E-state index contributed by atoms with van der Waals surface area (Å²) in [6.07, 6.45) is 0.825. The first-order valence-electron chi connectivity index (χ1n) is 7.70. The van der Waals surface area contributed by atoms with Gasteiger partial charge in [-0.2, -0.15) is 0 Å². The Kier molecular flexibility index (Phi) is 4.42. The second kappa shape index (κ2) is 6.65. The summed E-state index contributed by atoms with van der Waals surface area (Å²) < 4.78 is 13.5. The average Bonchev–Trinajstić information content (AvgIpc) is 2.89. The van der Waals surface area contributed by atoms with Crippen LogP contribution in [0.15, 0.2) is 48.5 Å². The summed E-state index contributed by atoms with van der Waals surface area (Å²) in [5, 5.41) is 4.03. The summed E-state index contributed by atoms with van der Waals surface area (Å²) in [4.78, 5) is 15.2. The lowest BCUT2D eigenvalue weighted by atomic mass is 10.1. The van der Waals surface area contributed by atoms with Crippen LogP contribution >= 0.6 is 0 Å². The van der Waals surface area contributed by atoms with Crippen LogP contribution in [-0.2, 0) is 17.6 Å². The summed E-state index contributed by atoms with van der Waals surface area (Å²) in [6, 6.07) is 14.7. The number of aryl methyl sites for hydroxylation is 1. The lowest BCUT2D eigenvalue weighted by molar-refractivity contribution is -0.120. The molecule has 3 rings (SSSR count). The zero-order valence-electron chi connectivity index (χ0n) is 13.0. The Bertz CT molecular complexity index is 838. The summed E-state index contributed by atoms with van der Waals surface area (Å²) in [6.45, 7) is 2.57. The minimum absolute atomic E-state index is 0.0721. The van der Waals surface area contributed by atoms with Crippen LogP contribution in [0, 0.1) is 12.7 Å². The molecule has 0 aliphatic heterocycles. The largest absolute Gasteiger partial charge is 0.359 e. The third-order valence-electron chi connectivity index (χ3n) is 3.86. The van der Waals surface area contributed by atoms with Crippen molar-refractivity contribution in [2.45, 2.75) is 19.8 Å². The normalized spacial score (nSPS) is 10.9. The van der Waals surface area contributed by atoms with E-state index in [2.05, 4.69) is 34.6 Å². The fraction of sp³-hybridized carbons (Fsp3) is 0.211. The van der Waals surface area contributed by atoms with Gasteiger partial charge in [-0.15, -0.1) is 0 Å². The number of benzene rings is 2. The highest BCUT2D eigenvalue weighted by atomic mass is 19.1. The molecule has 1 aromatic heterocycles. The number of aromatic amines is 1. The number of H-pyrrole nitrogens is 1. The number of fused-ring (bicyclic) bond motifs is 1. The Labute approximate surface area is 134 Å². The molecule has 0 unspecified atom stereocenters. The van der Waals surface area contributed by atoms with Gasteiger partial charge in [-0.3, -0.25) is 4.79 Å². The van der Waals surface area contributed by atoms with Crippen molar-refractivity contribution in [3.8, 4) is 0 Å². The van der Waals surface area contributed by atoms with E-state index in [1.165, 1.54) is 17.0 Å². The molecule has 0 fully saturated rings. The second-order valence-corrected chi connectivity index (χ2v) is 5.74. The van der Waals surface area contributed by atoms with Crippen molar-refractivity contribution in [1.82, 2.24) is 10.3 Å². The van der Waals surface area contributed by atoms with Gasteiger partial charge >= 0.3 is 0 Å². The standard InChI is InChI=1S/C19H19FN2O/c1-13-10-16-11-14(6-7-18(16)22-13)8-9-21-19(23)12-15-4-2-3-5-17(15)20/h2-7,10-11,22H,8-9,12H2,1H3,(H,21,23). The number of hydrogen-bond donors (Lipinski definition) is 2. The van der Waals surface area contributed by atoms with E-state index in [1.807, 2.05) is 6.92 Å². The van der Waals surface area contributed by atoms with Gasteiger partial charge in [0.25, 0.3) is 0 Å². The minimum atomic E-state index is -0.337. The van der Waals surface area contributed by atoms with E-state index < -0.39 is 0 Å². The Balaban J connectivity index is 1.53. The van der Waals surface area contributed by atoms with E-state index in [9.17, 15) is 9.18 Å². The molecular formula is C19H19FN2O. The fourth-order valence-corrected chi connectivity index (χ4v) is 2.71. The number of carbonyl (C=O) groups is 1. The highest BCUT2D eigenvalue weighted by Gasteiger charge is 2.07. The Hall–Kier alpha value is -2.62. The molecule has 0 aliphatic carbocycles. The van der Waals surface area contributed by atoms with E-state index in [-0.39, 0.29) is 18.1 Å². The van der Waals surface area contributed by atoms with Crippen LogP contribution in [0.5, 0.6) is 0 Å². The quantitative estimate of drug-likeness (QED) is 0.744. The van der Waals surface area contributed by atoms with E-state index >= 15 is 0 Å². The van der Waals surface area contributed by atoms with Crippen LogP contribution in [0.3, 0.4) is 0 Å². The van der Waals surface area contributed by atoms with Gasteiger partial charge in [-0.05, 0) is 54.1 Å². The first-order chi connectivity index (χ1) is 11.1. The number of halogens is 1. The van der Waals surface area contributed by atoms with Crippen LogP contribution in [0.2, 0.25) is 0 Å². The predicted molar refractivity (Wildman–Crippen MR) is 89.9 cm³/mol. The summed E-state index contributed by atoms with van der Waals surface area (Å²) >= 11 is 0. The van der Waals surface area contributed by atoms with E-state index in [1.54, 1.807) is 18.2 Å². The lowest BCUT2D eigenvalue weighted by Gasteiger charge is -2.06. The topological polar surface area (TPSA) is 44.9 Å². The zero-order valence-corrected chi connectivity index (χ0v) is 13.0. The van der Waals surface area contributed by atoms with Gasteiger partial charge < -0.3 is 10.3 Å². The maximum atomic E-state index is 13.5. The number of nitrogens with one attached hydrogen (secondary N) is 2. The van der Waals surface area contributed by atoms with Gasteiger partial charge in [-0.1, -0.05) is 24.3 Å². The summed E-state index contributed by atoms with van der Waals surface area (Å²) in [5.41, 5.74) is 3.85. The molecule has 0 saturated carbocycles. The Morgan fingerprint density at radius 3 is 2.83 bits per heavy atom. The van der Waals surface area contributed by atoms with Gasteiger partial charge in [0.1, 0.15) is 5.82 Å². The van der Waals surface area contributed by atoms with Crippen LogP contribution in [-0.4, -0.2) is 17.4 Å². The molecule has 0 radical (unpaired) electrons. The molecule has 0 saturated heterocycles. The molecule has 3 nitrogen and oxygen atoms in total. The highest BCUT2D eigenvalue weighted by Crippen LogP contribution is 2.17. The predicted octanol–water partition coefficient (Wildman–Crippen LogP) is 3.52. The molecule has 3 aromatic rings. The number of amides is 1. The monoisotopic (exact) mass is 310 g/mol. The zero-order chi connectivity index (χ0) is 16.2. The molecular weight excluding hydrogens is 291 g/mol. The molecule has 23 heavy (non-hydrogen) atoms. The molecule has 118 valence electrons. The third-order valence-corrected chi connectivity index (χ3v) is 3.86. The Morgan fingerprint density at radius 1 is 1.17 bits per heavy atom. The van der Waals surface area contributed by atoms with Crippen molar-refractivity contribution in [1.29, 1.82) is 0 Å². The maximum absolute atomic E-state index is 13.5. The minimum Gasteiger partial charge on any atom is -0.359 e. The molecule has 2 aromatic carbocycles. The van der Waals surface area contributed by atoms with Gasteiger partial charge in [0.15, 0.2) is 0 Å². The SMILES string of the molecule is Cc1cc2cc(CCNC(=O)Cc3ccccc3F)ccc2[nH]1. The number of rotatable bonds is 5. The van der Waals surface area contributed by atoms with Crippen molar-refractivity contribution in [2.75, 3.05) is 6.54 Å². The number of aromatic nitrogens is 1. The molecule has 0 bridgehead atoms. The molecule has 1 amide bonds. The molecule has 0 atom stereocenters. The summed E-state index contributed by atoms with van der Waals surface area (Å²) in [5.74, 6) is -0.496. The second-order valence-electron chi connectivity index (χ2n) is 5.74. The molecule has 2 N–H and O–H groups in total.